The molecule has 1 saturated carbocycles. The van der Waals surface area contributed by atoms with Crippen LogP contribution in [0.25, 0.3) is 0 Å². The van der Waals surface area contributed by atoms with Crippen molar-refractivity contribution in [1.29, 1.82) is 0 Å². The Morgan fingerprint density at radius 2 is 1.80 bits per heavy atom. The van der Waals surface area contributed by atoms with Gasteiger partial charge >= 0.3 is 0 Å². The third-order valence-electron chi connectivity index (χ3n) is 6.69. The quantitative estimate of drug-likeness (QED) is 0.426. The Hall–Kier alpha value is -2.94. The largest absolute Gasteiger partial charge is 0.509 e. The van der Waals surface area contributed by atoms with Gasteiger partial charge in [0.2, 0.25) is 0 Å². The lowest BCUT2D eigenvalue weighted by molar-refractivity contribution is 0.375. The monoisotopic (exact) mass is 402 g/mol. The molecule has 1 aliphatic heterocycles. The lowest BCUT2D eigenvalue weighted by atomic mass is 9.68. The normalized spacial score (nSPS) is 22.1. The van der Waals surface area contributed by atoms with Gasteiger partial charge in [-0.25, -0.2) is 0 Å². The number of hydrogen-bond donors (Lipinski definition) is 2. The number of phenols is 1. The number of hydrogen-bond acceptors (Lipinski definition) is 3. The summed E-state index contributed by atoms with van der Waals surface area (Å²) in [5, 5.41) is 19.6. The average Bonchev–Trinajstić information content (AvgIpc) is 2.74. The minimum absolute atomic E-state index is 0.00167. The first-order valence-electron chi connectivity index (χ1n) is 10.8. The highest BCUT2D eigenvalue weighted by molar-refractivity contribution is 5.61. The predicted octanol–water partition coefficient (Wildman–Crippen LogP) is 7.04. The van der Waals surface area contributed by atoms with E-state index in [1.165, 1.54) is 37.7 Å². The summed E-state index contributed by atoms with van der Waals surface area (Å²) < 4.78 is 6.05. The summed E-state index contributed by atoms with van der Waals surface area (Å²) >= 11 is 0. The van der Waals surface area contributed by atoms with Gasteiger partial charge in [-0.15, -0.1) is 0 Å². The lowest BCUT2D eigenvalue weighted by Crippen LogP contribution is -2.31. The maximum absolute atomic E-state index is 9.98. The van der Waals surface area contributed by atoms with Gasteiger partial charge in [0.15, 0.2) is 0 Å². The van der Waals surface area contributed by atoms with Gasteiger partial charge in [-0.05, 0) is 55.9 Å². The van der Waals surface area contributed by atoms with Crippen LogP contribution in [0, 0.1) is 0 Å². The molecule has 2 aromatic carbocycles. The molecule has 1 unspecified atom stereocenters. The highest BCUT2D eigenvalue weighted by Crippen LogP contribution is 2.49. The molecule has 3 nitrogen and oxygen atoms in total. The molecule has 1 aliphatic carbocycles. The summed E-state index contributed by atoms with van der Waals surface area (Å²) in [6.07, 6.45) is 10.0. The molecule has 156 valence electrons. The molecule has 0 amide bonds. The Morgan fingerprint density at radius 1 is 1.10 bits per heavy atom. The number of aromatic hydroxyl groups is 1. The SMILES string of the molecule is C=C(O)/C=C\C1=C(C)Oc2cc(O)ccc2C1(C)c1ccc(C2CCCCC2)cc1. The molecule has 0 saturated heterocycles. The molecule has 0 aromatic heterocycles. The first-order chi connectivity index (χ1) is 14.4. The summed E-state index contributed by atoms with van der Waals surface area (Å²) in [6.45, 7) is 7.67. The van der Waals surface area contributed by atoms with E-state index >= 15 is 0 Å². The molecule has 0 bridgehead atoms. The van der Waals surface area contributed by atoms with Gasteiger partial charge in [-0.3, -0.25) is 0 Å². The molecule has 1 fully saturated rings. The van der Waals surface area contributed by atoms with Crippen LogP contribution in [-0.4, -0.2) is 10.2 Å². The second-order valence-electron chi connectivity index (χ2n) is 8.66. The molecule has 3 heteroatoms. The van der Waals surface area contributed by atoms with Crippen molar-refractivity contribution in [2.24, 2.45) is 0 Å². The van der Waals surface area contributed by atoms with Gasteiger partial charge in [0.1, 0.15) is 23.0 Å². The topological polar surface area (TPSA) is 49.7 Å². The Morgan fingerprint density at radius 3 is 2.47 bits per heavy atom. The molecule has 2 aromatic rings. The first-order valence-corrected chi connectivity index (χ1v) is 10.8. The van der Waals surface area contributed by atoms with Gasteiger partial charge in [-0.2, -0.15) is 0 Å². The van der Waals surface area contributed by atoms with Crippen molar-refractivity contribution in [2.45, 2.75) is 57.3 Å². The zero-order chi connectivity index (χ0) is 21.3. The van der Waals surface area contributed by atoms with Gasteiger partial charge in [0, 0.05) is 22.6 Å². The molecule has 1 heterocycles. The van der Waals surface area contributed by atoms with Crippen LogP contribution in [0.2, 0.25) is 0 Å². The maximum Gasteiger partial charge on any atom is 0.135 e. The van der Waals surface area contributed by atoms with Crippen molar-refractivity contribution < 1.29 is 14.9 Å². The fraction of sp³-hybridized carbons (Fsp3) is 0.333. The number of phenolic OH excluding ortho intramolecular Hbond substituents is 1. The first kappa shape index (κ1) is 20.3. The molecule has 0 spiro atoms. The third kappa shape index (κ3) is 3.65. The number of ether oxygens (including phenoxy) is 1. The number of aliphatic hydroxyl groups excluding tert-OH is 1. The van der Waals surface area contributed by atoms with Crippen LogP contribution in [0.1, 0.15) is 68.6 Å². The Labute approximate surface area is 179 Å². The number of aliphatic hydroxyl groups is 1. The van der Waals surface area contributed by atoms with Crippen LogP contribution in [0.4, 0.5) is 0 Å². The highest BCUT2D eigenvalue weighted by Gasteiger charge is 2.40. The number of benzene rings is 2. The lowest BCUT2D eigenvalue weighted by Gasteiger charge is -2.38. The third-order valence-corrected chi connectivity index (χ3v) is 6.69. The van der Waals surface area contributed by atoms with Crippen LogP contribution in [0.15, 0.2) is 78.3 Å². The van der Waals surface area contributed by atoms with Crippen LogP contribution in [0.5, 0.6) is 11.5 Å². The van der Waals surface area contributed by atoms with Crippen LogP contribution in [0.3, 0.4) is 0 Å². The number of rotatable bonds is 4. The summed E-state index contributed by atoms with van der Waals surface area (Å²) in [7, 11) is 0. The summed E-state index contributed by atoms with van der Waals surface area (Å²) in [5.74, 6) is 2.24. The van der Waals surface area contributed by atoms with Crippen molar-refractivity contribution in [3.8, 4) is 11.5 Å². The van der Waals surface area contributed by atoms with E-state index in [1.54, 1.807) is 18.2 Å². The fourth-order valence-corrected chi connectivity index (χ4v) is 5.02. The number of fused-ring (bicyclic) bond motifs is 1. The van der Waals surface area contributed by atoms with Gasteiger partial charge in [0.25, 0.3) is 0 Å². The van der Waals surface area contributed by atoms with Gasteiger partial charge in [0.05, 0.1) is 0 Å². The van der Waals surface area contributed by atoms with Crippen molar-refractivity contribution in [3.63, 3.8) is 0 Å². The van der Waals surface area contributed by atoms with E-state index in [2.05, 4.69) is 37.8 Å². The smallest absolute Gasteiger partial charge is 0.135 e. The Bertz CT molecular complexity index is 1010. The standard InChI is InChI=1S/C27H30O3/c1-18(28)9-15-24-19(2)30-26-17-23(29)14-16-25(26)27(24,3)22-12-10-21(11-13-22)20-7-5-4-6-8-20/h9-17,20,28-29H,1,4-8H2,2-3H3/b15-9-. The van der Waals surface area contributed by atoms with Gasteiger partial charge in [-0.1, -0.05) is 62.2 Å². The molecule has 1 atom stereocenters. The van der Waals surface area contributed by atoms with E-state index in [4.69, 9.17) is 4.74 Å². The maximum atomic E-state index is 9.98. The van der Waals surface area contributed by atoms with E-state index in [0.29, 0.717) is 11.7 Å². The van der Waals surface area contributed by atoms with Crippen molar-refractivity contribution in [3.05, 3.63) is 95.0 Å². The van der Waals surface area contributed by atoms with E-state index in [9.17, 15) is 10.2 Å². The minimum atomic E-state index is -0.484. The second kappa shape index (κ2) is 8.06. The molecule has 2 N–H and O–H groups in total. The minimum Gasteiger partial charge on any atom is -0.509 e. The van der Waals surface area contributed by atoms with E-state index in [0.717, 1.165) is 22.5 Å². The number of allylic oxidation sites excluding steroid dienone is 4. The van der Waals surface area contributed by atoms with E-state index < -0.39 is 5.41 Å². The predicted molar refractivity (Wildman–Crippen MR) is 121 cm³/mol. The van der Waals surface area contributed by atoms with Crippen LogP contribution in [-0.2, 0) is 5.41 Å². The van der Waals surface area contributed by atoms with Gasteiger partial charge < -0.3 is 14.9 Å². The summed E-state index contributed by atoms with van der Waals surface area (Å²) in [6, 6.07) is 14.3. The van der Waals surface area contributed by atoms with Crippen molar-refractivity contribution >= 4 is 0 Å². The molecular weight excluding hydrogens is 372 g/mol. The molecule has 2 aliphatic rings. The van der Waals surface area contributed by atoms with E-state index in [1.807, 2.05) is 19.1 Å². The molecule has 0 radical (unpaired) electrons. The van der Waals surface area contributed by atoms with Crippen LogP contribution < -0.4 is 4.74 Å². The molecule has 30 heavy (non-hydrogen) atoms. The highest BCUT2D eigenvalue weighted by atomic mass is 16.5. The van der Waals surface area contributed by atoms with Crippen molar-refractivity contribution in [2.75, 3.05) is 0 Å². The second-order valence-corrected chi connectivity index (χ2v) is 8.66. The van der Waals surface area contributed by atoms with Crippen molar-refractivity contribution in [1.82, 2.24) is 0 Å². The zero-order valence-electron chi connectivity index (χ0n) is 17.8. The Balaban J connectivity index is 1.81. The molecule has 4 rings (SSSR count). The summed E-state index contributed by atoms with van der Waals surface area (Å²) in [5.41, 5.74) is 4.03. The van der Waals surface area contributed by atoms with Crippen LogP contribution >= 0.6 is 0 Å². The van der Waals surface area contributed by atoms with E-state index in [-0.39, 0.29) is 11.5 Å². The summed E-state index contributed by atoms with van der Waals surface area (Å²) in [4.78, 5) is 0. The fourth-order valence-electron chi connectivity index (χ4n) is 5.02. The Kier molecular flexibility index (Phi) is 5.46. The average molecular weight is 403 g/mol. The molecular formula is C27H30O3. The zero-order valence-corrected chi connectivity index (χ0v) is 17.8.